The number of hydrazine groups is 1. The minimum Gasteiger partial charge on any atom is -0.270 e. The highest BCUT2D eigenvalue weighted by atomic mass is 79.9. The van der Waals surface area contributed by atoms with Crippen LogP contribution in [0.25, 0.3) is 0 Å². The van der Waals surface area contributed by atoms with Crippen molar-refractivity contribution in [3.05, 3.63) is 37.2 Å². The van der Waals surface area contributed by atoms with Gasteiger partial charge in [0.2, 0.25) is 0 Å². The van der Waals surface area contributed by atoms with Crippen molar-refractivity contribution in [2.45, 2.75) is 19.5 Å². The Bertz CT molecular complexity index is 489. The lowest BCUT2D eigenvalue weighted by molar-refractivity contribution is 0.548. The third-order valence-corrected chi connectivity index (χ3v) is 5.78. The van der Waals surface area contributed by atoms with Crippen LogP contribution in [-0.2, 0) is 6.54 Å². The molecule has 0 spiro atoms. The van der Waals surface area contributed by atoms with Crippen molar-refractivity contribution < 1.29 is 0 Å². The standard InChI is InChI=1S/C10H12Br2N4S/c1-2-16-7(3-4-14-16)9(15-13)8-5-6(11)10(12)17-8/h3-5,9,15H,2,13H2,1H3. The normalized spacial score (nSPS) is 12.9. The van der Waals surface area contributed by atoms with Crippen LogP contribution in [0, 0.1) is 0 Å². The highest BCUT2D eigenvalue weighted by Crippen LogP contribution is 2.37. The second kappa shape index (κ2) is 5.62. The zero-order valence-electron chi connectivity index (χ0n) is 9.15. The van der Waals surface area contributed by atoms with E-state index in [1.807, 2.05) is 10.7 Å². The number of hydrogen-bond donors (Lipinski definition) is 2. The number of nitrogens with one attached hydrogen (secondary N) is 1. The van der Waals surface area contributed by atoms with E-state index in [2.05, 4.69) is 55.4 Å². The molecule has 4 nitrogen and oxygen atoms in total. The molecule has 0 saturated carbocycles. The fraction of sp³-hybridized carbons (Fsp3) is 0.300. The molecule has 0 amide bonds. The Morgan fingerprint density at radius 2 is 2.35 bits per heavy atom. The predicted molar refractivity (Wildman–Crippen MR) is 76.8 cm³/mol. The summed E-state index contributed by atoms with van der Waals surface area (Å²) in [7, 11) is 0. The monoisotopic (exact) mass is 378 g/mol. The van der Waals surface area contributed by atoms with Crippen LogP contribution in [0.5, 0.6) is 0 Å². The highest BCUT2D eigenvalue weighted by molar-refractivity contribution is 9.13. The van der Waals surface area contributed by atoms with Crippen molar-refractivity contribution in [1.82, 2.24) is 15.2 Å². The topological polar surface area (TPSA) is 55.9 Å². The molecule has 7 heteroatoms. The van der Waals surface area contributed by atoms with Crippen LogP contribution >= 0.6 is 43.2 Å². The molecule has 2 aromatic rings. The number of rotatable bonds is 4. The molecule has 0 radical (unpaired) electrons. The third-order valence-electron chi connectivity index (χ3n) is 2.46. The van der Waals surface area contributed by atoms with E-state index < -0.39 is 0 Å². The number of aryl methyl sites for hydroxylation is 1. The molecule has 0 aliphatic carbocycles. The van der Waals surface area contributed by atoms with Gasteiger partial charge in [0.15, 0.2) is 0 Å². The number of nitrogens with zero attached hydrogens (tertiary/aromatic N) is 2. The van der Waals surface area contributed by atoms with Crippen LogP contribution in [-0.4, -0.2) is 9.78 Å². The van der Waals surface area contributed by atoms with Crippen LogP contribution in [0.2, 0.25) is 0 Å². The SMILES string of the molecule is CCn1nccc1C(NN)c1cc(Br)c(Br)s1. The fourth-order valence-corrected chi connectivity index (χ4v) is 3.83. The first-order valence-electron chi connectivity index (χ1n) is 5.10. The molecule has 0 aromatic carbocycles. The molecule has 0 saturated heterocycles. The number of aromatic nitrogens is 2. The van der Waals surface area contributed by atoms with E-state index >= 15 is 0 Å². The van der Waals surface area contributed by atoms with Crippen LogP contribution in [0.3, 0.4) is 0 Å². The van der Waals surface area contributed by atoms with E-state index in [0.29, 0.717) is 0 Å². The van der Waals surface area contributed by atoms with Gasteiger partial charge in [-0.15, -0.1) is 11.3 Å². The number of thiophene rings is 1. The fourth-order valence-electron chi connectivity index (χ4n) is 1.67. The molecule has 17 heavy (non-hydrogen) atoms. The van der Waals surface area contributed by atoms with Gasteiger partial charge >= 0.3 is 0 Å². The summed E-state index contributed by atoms with van der Waals surface area (Å²) in [4.78, 5) is 1.14. The molecular weight excluding hydrogens is 368 g/mol. The summed E-state index contributed by atoms with van der Waals surface area (Å²) in [6.45, 7) is 2.89. The predicted octanol–water partition coefficient (Wildman–Crippen LogP) is 3.04. The molecule has 0 fully saturated rings. The summed E-state index contributed by atoms with van der Waals surface area (Å²) in [5.41, 5.74) is 3.91. The quantitative estimate of drug-likeness (QED) is 0.634. The molecule has 2 aromatic heterocycles. The minimum absolute atomic E-state index is 0.0370. The summed E-state index contributed by atoms with van der Waals surface area (Å²) in [6.07, 6.45) is 1.79. The van der Waals surface area contributed by atoms with Gasteiger partial charge in [-0.05, 0) is 50.9 Å². The molecule has 0 aliphatic heterocycles. The average molecular weight is 380 g/mol. The Labute approximate surface area is 120 Å². The summed E-state index contributed by atoms with van der Waals surface area (Å²) in [5.74, 6) is 5.66. The molecule has 92 valence electrons. The Morgan fingerprint density at radius 3 is 2.88 bits per heavy atom. The largest absolute Gasteiger partial charge is 0.270 e. The zero-order chi connectivity index (χ0) is 12.4. The first-order chi connectivity index (χ1) is 8.17. The summed E-state index contributed by atoms with van der Waals surface area (Å²) in [5, 5.41) is 4.26. The first-order valence-corrected chi connectivity index (χ1v) is 7.50. The third kappa shape index (κ3) is 2.63. The second-order valence-electron chi connectivity index (χ2n) is 3.44. The van der Waals surface area contributed by atoms with Crippen molar-refractivity contribution >= 4 is 43.2 Å². The Hall–Kier alpha value is -0.210. The molecular formula is C10H12Br2N4S. The lowest BCUT2D eigenvalue weighted by Crippen LogP contribution is -2.30. The molecule has 3 N–H and O–H groups in total. The van der Waals surface area contributed by atoms with Gasteiger partial charge in [0.05, 0.1) is 15.5 Å². The average Bonchev–Trinajstić information content (AvgIpc) is 2.89. The van der Waals surface area contributed by atoms with Gasteiger partial charge in [-0.3, -0.25) is 10.5 Å². The first kappa shape index (κ1) is 13.2. The highest BCUT2D eigenvalue weighted by Gasteiger charge is 2.19. The van der Waals surface area contributed by atoms with Gasteiger partial charge in [-0.25, -0.2) is 5.43 Å². The van der Waals surface area contributed by atoms with E-state index in [9.17, 15) is 0 Å². The van der Waals surface area contributed by atoms with E-state index in [0.717, 1.165) is 25.4 Å². The Morgan fingerprint density at radius 1 is 1.59 bits per heavy atom. The lowest BCUT2D eigenvalue weighted by Gasteiger charge is -2.15. The van der Waals surface area contributed by atoms with Crippen LogP contribution in [0.15, 0.2) is 26.6 Å². The number of nitrogens with two attached hydrogens (primary N) is 1. The molecule has 2 heterocycles. The van der Waals surface area contributed by atoms with Crippen molar-refractivity contribution in [3.8, 4) is 0 Å². The maximum Gasteiger partial charge on any atom is 0.0970 e. The van der Waals surface area contributed by atoms with Crippen LogP contribution in [0.1, 0.15) is 23.5 Å². The Balaban J connectivity index is 2.40. The molecule has 0 aliphatic rings. The maximum atomic E-state index is 5.66. The van der Waals surface area contributed by atoms with Gasteiger partial charge in [0.25, 0.3) is 0 Å². The van der Waals surface area contributed by atoms with Gasteiger partial charge in [-0.1, -0.05) is 0 Å². The zero-order valence-corrected chi connectivity index (χ0v) is 13.1. The van der Waals surface area contributed by atoms with Gasteiger partial charge in [0, 0.05) is 22.1 Å². The van der Waals surface area contributed by atoms with Crippen LogP contribution in [0.4, 0.5) is 0 Å². The molecule has 1 unspecified atom stereocenters. The smallest absolute Gasteiger partial charge is 0.0970 e. The van der Waals surface area contributed by atoms with Crippen molar-refractivity contribution in [2.75, 3.05) is 0 Å². The number of hydrogen-bond acceptors (Lipinski definition) is 4. The van der Waals surface area contributed by atoms with Gasteiger partial charge in [-0.2, -0.15) is 5.10 Å². The summed E-state index contributed by atoms with van der Waals surface area (Å²) >= 11 is 8.63. The van der Waals surface area contributed by atoms with Crippen molar-refractivity contribution in [3.63, 3.8) is 0 Å². The lowest BCUT2D eigenvalue weighted by atomic mass is 10.2. The van der Waals surface area contributed by atoms with Gasteiger partial charge < -0.3 is 0 Å². The van der Waals surface area contributed by atoms with E-state index in [4.69, 9.17) is 5.84 Å². The van der Waals surface area contributed by atoms with Crippen molar-refractivity contribution in [2.24, 2.45) is 5.84 Å². The maximum absolute atomic E-state index is 5.66. The molecule has 1 atom stereocenters. The minimum atomic E-state index is -0.0370. The van der Waals surface area contributed by atoms with E-state index in [1.165, 1.54) is 0 Å². The summed E-state index contributed by atoms with van der Waals surface area (Å²) in [6, 6.07) is 4.01. The molecule has 2 rings (SSSR count). The second-order valence-corrected chi connectivity index (χ2v) is 6.70. The van der Waals surface area contributed by atoms with Crippen molar-refractivity contribution in [1.29, 1.82) is 0 Å². The van der Waals surface area contributed by atoms with E-state index in [1.54, 1.807) is 17.5 Å². The summed E-state index contributed by atoms with van der Waals surface area (Å²) < 4.78 is 4.04. The van der Waals surface area contributed by atoms with E-state index in [-0.39, 0.29) is 6.04 Å². The molecule has 0 bridgehead atoms. The van der Waals surface area contributed by atoms with Crippen LogP contribution < -0.4 is 11.3 Å². The Kier molecular flexibility index (Phi) is 4.37. The number of halogens is 2. The van der Waals surface area contributed by atoms with Gasteiger partial charge in [0.1, 0.15) is 0 Å².